The third kappa shape index (κ3) is 6.05. The van der Waals surface area contributed by atoms with E-state index < -0.39 is 0 Å². The van der Waals surface area contributed by atoms with E-state index in [0.29, 0.717) is 37.2 Å². The second kappa shape index (κ2) is 11.2. The summed E-state index contributed by atoms with van der Waals surface area (Å²) in [5, 5.41) is 1.68. The smallest absolute Gasteiger partial charge is 0.271 e. The van der Waals surface area contributed by atoms with Crippen molar-refractivity contribution in [3.8, 4) is 5.75 Å². The molecule has 1 aliphatic rings. The van der Waals surface area contributed by atoms with Crippen molar-refractivity contribution in [1.29, 1.82) is 0 Å². The number of carbonyl (C=O) groups excluding carboxylic acids is 1. The first-order chi connectivity index (χ1) is 18.0. The summed E-state index contributed by atoms with van der Waals surface area (Å²) in [5.41, 5.74) is 2.90. The molecule has 1 fully saturated rings. The average molecular weight is 549 g/mol. The Kier molecular flexibility index (Phi) is 7.60. The number of para-hydroxylation sites is 1. The first-order valence-corrected chi connectivity index (χ1v) is 12.8. The Labute approximate surface area is 228 Å². The minimum Gasteiger partial charge on any atom is -0.488 e. The molecule has 8 heteroatoms. The lowest BCUT2D eigenvalue weighted by Crippen LogP contribution is -2.28. The van der Waals surface area contributed by atoms with Crippen LogP contribution in [0.2, 0.25) is 10.0 Å². The number of nitrogens with zero attached hydrogens (tertiary/aromatic N) is 2. The SMILES string of the molecule is O=C1/C(=C/c2ccccc2OCc2ccc(F)cc2)SC(=Nc2ccc(Cl)cc2)N1c1ccc(Cl)cc1. The van der Waals surface area contributed by atoms with E-state index >= 15 is 0 Å². The molecule has 0 unspecified atom stereocenters. The molecule has 1 aliphatic heterocycles. The second-order valence-corrected chi connectivity index (χ2v) is 9.93. The monoisotopic (exact) mass is 548 g/mol. The van der Waals surface area contributed by atoms with E-state index in [9.17, 15) is 9.18 Å². The molecular weight excluding hydrogens is 530 g/mol. The van der Waals surface area contributed by atoms with Crippen LogP contribution in [0.25, 0.3) is 6.08 Å². The average Bonchev–Trinajstić information content (AvgIpc) is 3.20. The molecule has 0 saturated carbocycles. The number of anilines is 1. The van der Waals surface area contributed by atoms with Gasteiger partial charge >= 0.3 is 0 Å². The van der Waals surface area contributed by atoms with Gasteiger partial charge in [-0.3, -0.25) is 9.69 Å². The normalized spacial score (nSPS) is 15.5. The number of thioether (sulfide) groups is 1. The first kappa shape index (κ1) is 25.1. The van der Waals surface area contributed by atoms with E-state index in [1.807, 2.05) is 24.3 Å². The summed E-state index contributed by atoms with van der Waals surface area (Å²) in [6.07, 6.45) is 1.79. The van der Waals surface area contributed by atoms with Crippen LogP contribution >= 0.6 is 35.0 Å². The summed E-state index contributed by atoms with van der Waals surface area (Å²) in [7, 11) is 0. The molecule has 5 rings (SSSR count). The summed E-state index contributed by atoms with van der Waals surface area (Å²) >= 11 is 13.4. The van der Waals surface area contributed by atoms with Crippen LogP contribution in [-0.2, 0) is 11.4 Å². The van der Waals surface area contributed by atoms with E-state index in [2.05, 4.69) is 0 Å². The lowest BCUT2D eigenvalue weighted by Gasteiger charge is -2.15. The molecular formula is C29H19Cl2FN2O2S. The Morgan fingerprint density at radius 2 is 1.51 bits per heavy atom. The lowest BCUT2D eigenvalue weighted by molar-refractivity contribution is -0.113. The van der Waals surface area contributed by atoms with Crippen molar-refractivity contribution in [2.75, 3.05) is 4.90 Å². The van der Waals surface area contributed by atoms with Gasteiger partial charge in [0.15, 0.2) is 5.17 Å². The Balaban J connectivity index is 1.47. The first-order valence-electron chi connectivity index (χ1n) is 11.3. The van der Waals surface area contributed by atoms with Crippen molar-refractivity contribution in [2.45, 2.75) is 6.61 Å². The molecule has 0 radical (unpaired) electrons. The van der Waals surface area contributed by atoms with E-state index in [4.69, 9.17) is 32.9 Å². The fourth-order valence-corrected chi connectivity index (χ4v) is 4.85. The maximum atomic E-state index is 13.6. The van der Waals surface area contributed by atoms with Gasteiger partial charge in [0.1, 0.15) is 18.2 Å². The van der Waals surface area contributed by atoms with Crippen molar-refractivity contribution in [3.05, 3.63) is 129 Å². The lowest BCUT2D eigenvalue weighted by atomic mass is 10.1. The molecule has 4 nitrogen and oxygen atoms in total. The third-order valence-electron chi connectivity index (χ3n) is 5.46. The molecule has 1 saturated heterocycles. The van der Waals surface area contributed by atoms with Crippen LogP contribution < -0.4 is 9.64 Å². The van der Waals surface area contributed by atoms with E-state index in [-0.39, 0.29) is 18.3 Å². The predicted octanol–water partition coefficient (Wildman–Crippen LogP) is 8.52. The molecule has 4 aromatic carbocycles. The van der Waals surface area contributed by atoms with Crippen molar-refractivity contribution in [3.63, 3.8) is 0 Å². The fraction of sp³-hybridized carbons (Fsp3) is 0.0345. The van der Waals surface area contributed by atoms with Gasteiger partial charge in [-0.2, -0.15) is 0 Å². The number of benzene rings is 4. The number of aliphatic imine (C=N–C) groups is 1. The number of hydrogen-bond acceptors (Lipinski definition) is 4. The van der Waals surface area contributed by atoms with Gasteiger partial charge in [0.25, 0.3) is 5.91 Å². The van der Waals surface area contributed by atoms with E-state index in [0.717, 1.165) is 11.1 Å². The molecule has 0 atom stereocenters. The van der Waals surface area contributed by atoms with Gasteiger partial charge in [0, 0.05) is 15.6 Å². The zero-order valence-corrected chi connectivity index (χ0v) is 21.6. The summed E-state index contributed by atoms with van der Waals surface area (Å²) in [5.74, 6) is 0.0918. The quantitative estimate of drug-likeness (QED) is 0.227. The number of ether oxygens (including phenoxy) is 1. The van der Waals surface area contributed by atoms with Crippen molar-refractivity contribution in [2.24, 2.45) is 4.99 Å². The fourth-order valence-electron chi connectivity index (χ4n) is 3.61. The van der Waals surface area contributed by atoms with Crippen LogP contribution in [0, 0.1) is 5.82 Å². The zero-order valence-electron chi connectivity index (χ0n) is 19.3. The van der Waals surface area contributed by atoms with Crippen LogP contribution in [0.5, 0.6) is 5.75 Å². The van der Waals surface area contributed by atoms with Crippen molar-refractivity contribution in [1.82, 2.24) is 0 Å². The summed E-state index contributed by atoms with van der Waals surface area (Å²) < 4.78 is 19.2. The maximum absolute atomic E-state index is 13.6. The number of hydrogen-bond donors (Lipinski definition) is 0. The molecule has 37 heavy (non-hydrogen) atoms. The van der Waals surface area contributed by atoms with Crippen LogP contribution in [0.1, 0.15) is 11.1 Å². The molecule has 4 aromatic rings. The molecule has 1 amide bonds. The van der Waals surface area contributed by atoms with Gasteiger partial charge in [-0.05, 0) is 90.1 Å². The highest BCUT2D eigenvalue weighted by Gasteiger charge is 2.35. The molecule has 0 N–H and O–H groups in total. The van der Waals surface area contributed by atoms with Crippen LogP contribution in [-0.4, -0.2) is 11.1 Å². The van der Waals surface area contributed by atoms with Gasteiger partial charge in [0.05, 0.1) is 16.3 Å². The standard InChI is InChI=1S/C29H19Cl2FN2O2S/c30-21-7-13-24(14-8-21)33-29-34(25-15-9-22(31)10-16-25)28(35)27(37-29)17-20-3-1-2-4-26(20)36-18-19-5-11-23(32)12-6-19/h1-17H,18H2/b27-17-,33-29?. The Morgan fingerprint density at radius 3 is 2.22 bits per heavy atom. The van der Waals surface area contributed by atoms with Gasteiger partial charge in [0.2, 0.25) is 0 Å². The minimum absolute atomic E-state index is 0.214. The van der Waals surface area contributed by atoms with Crippen molar-refractivity contribution >= 4 is 63.5 Å². The number of rotatable bonds is 6. The Bertz CT molecular complexity index is 1490. The van der Waals surface area contributed by atoms with Gasteiger partial charge in [-0.1, -0.05) is 53.5 Å². The van der Waals surface area contributed by atoms with Crippen LogP contribution in [0.15, 0.2) is 107 Å². The number of carbonyl (C=O) groups is 1. The highest BCUT2D eigenvalue weighted by molar-refractivity contribution is 8.19. The molecule has 1 heterocycles. The van der Waals surface area contributed by atoms with Gasteiger partial charge in [-0.25, -0.2) is 9.38 Å². The Hall–Kier alpha value is -3.58. The molecule has 0 bridgehead atoms. The van der Waals surface area contributed by atoms with Crippen LogP contribution in [0.4, 0.5) is 15.8 Å². The third-order valence-corrected chi connectivity index (χ3v) is 6.93. The summed E-state index contributed by atoms with van der Waals surface area (Å²) in [4.78, 5) is 20.4. The summed E-state index contributed by atoms with van der Waals surface area (Å²) in [6, 6.07) is 27.7. The molecule has 0 spiro atoms. The number of amides is 1. The highest BCUT2D eigenvalue weighted by Crippen LogP contribution is 2.38. The van der Waals surface area contributed by atoms with Crippen LogP contribution in [0.3, 0.4) is 0 Å². The highest BCUT2D eigenvalue weighted by atomic mass is 35.5. The van der Waals surface area contributed by atoms with E-state index in [1.165, 1.54) is 23.9 Å². The number of halogens is 3. The topological polar surface area (TPSA) is 41.9 Å². The summed E-state index contributed by atoms with van der Waals surface area (Å²) in [6.45, 7) is 0.266. The second-order valence-electron chi connectivity index (χ2n) is 8.05. The van der Waals surface area contributed by atoms with Gasteiger partial charge in [-0.15, -0.1) is 0 Å². The largest absolute Gasteiger partial charge is 0.488 e. The maximum Gasteiger partial charge on any atom is 0.271 e. The molecule has 0 aromatic heterocycles. The van der Waals surface area contributed by atoms with Gasteiger partial charge < -0.3 is 4.74 Å². The van der Waals surface area contributed by atoms with E-state index in [1.54, 1.807) is 71.6 Å². The van der Waals surface area contributed by atoms with Crippen molar-refractivity contribution < 1.29 is 13.9 Å². The minimum atomic E-state index is -0.299. The zero-order chi connectivity index (χ0) is 25.8. The number of amidine groups is 1. The molecule has 0 aliphatic carbocycles. The predicted molar refractivity (Wildman–Crippen MR) is 150 cm³/mol. The Morgan fingerprint density at radius 1 is 0.865 bits per heavy atom. The molecule has 184 valence electrons.